The Morgan fingerprint density at radius 1 is 1.06 bits per heavy atom. The molecular formula is C28H23F3N2O3. The van der Waals surface area contributed by atoms with E-state index in [-0.39, 0.29) is 23.7 Å². The minimum absolute atomic E-state index is 0.000800. The molecular weight excluding hydrogens is 469 g/mol. The van der Waals surface area contributed by atoms with Gasteiger partial charge < -0.3 is 10.1 Å². The number of ketones is 1. The van der Waals surface area contributed by atoms with E-state index in [9.17, 15) is 22.8 Å². The fourth-order valence-corrected chi connectivity index (χ4v) is 5.19. The van der Waals surface area contributed by atoms with Gasteiger partial charge in [0, 0.05) is 40.9 Å². The normalized spacial score (nSPS) is 20.3. The molecule has 0 radical (unpaired) electrons. The number of aromatic nitrogens is 1. The molecule has 3 aromatic rings. The predicted molar refractivity (Wildman–Crippen MR) is 128 cm³/mol. The summed E-state index contributed by atoms with van der Waals surface area (Å²) < 4.78 is 43.3. The SMILES string of the molecule is CC1=C(C(=O)OCC(F)(F)F)[C@H](c2cccc3ncccc23)C2=C(C[C@H](c3ccccc3)CC2=O)N1. The zero-order valence-corrected chi connectivity index (χ0v) is 19.4. The number of Topliss-reactive ketones (excluding diaryl/α,β-unsaturated/α-hetero) is 1. The van der Waals surface area contributed by atoms with E-state index >= 15 is 0 Å². The van der Waals surface area contributed by atoms with E-state index in [0.29, 0.717) is 39.9 Å². The van der Waals surface area contributed by atoms with Crippen molar-refractivity contribution in [3.05, 3.63) is 101 Å². The molecule has 0 saturated carbocycles. The summed E-state index contributed by atoms with van der Waals surface area (Å²) in [4.78, 5) is 31.1. The van der Waals surface area contributed by atoms with Gasteiger partial charge in [-0.2, -0.15) is 13.2 Å². The second-order valence-corrected chi connectivity index (χ2v) is 9.04. The Balaban J connectivity index is 1.64. The van der Waals surface area contributed by atoms with Crippen LogP contribution in [0.1, 0.15) is 42.7 Å². The summed E-state index contributed by atoms with van der Waals surface area (Å²) in [6.45, 7) is -0.0801. The van der Waals surface area contributed by atoms with Gasteiger partial charge in [0.1, 0.15) is 0 Å². The summed E-state index contributed by atoms with van der Waals surface area (Å²) in [5.74, 6) is -2.18. The molecule has 8 heteroatoms. The van der Waals surface area contributed by atoms with Crippen molar-refractivity contribution >= 4 is 22.7 Å². The first-order chi connectivity index (χ1) is 17.2. The van der Waals surface area contributed by atoms with E-state index in [4.69, 9.17) is 0 Å². The van der Waals surface area contributed by atoms with Crippen molar-refractivity contribution in [1.29, 1.82) is 0 Å². The third kappa shape index (κ3) is 4.51. The molecule has 184 valence electrons. The number of esters is 1. The Kier molecular flexibility index (Phi) is 6.12. The van der Waals surface area contributed by atoms with Gasteiger partial charge in [-0.3, -0.25) is 9.78 Å². The summed E-state index contributed by atoms with van der Waals surface area (Å²) >= 11 is 0. The maximum absolute atomic E-state index is 13.7. The second kappa shape index (κ2) is 9.26. The number of rotatable bonds is 4. The number of halogens is 3. The highest BCUT2D eigenvalue weighted by molar-refractivity contribution is 6.05. The molecule has 0 saturated heterocycles. The second-order valence-electron chi connectivity index (χ2n) is 9.04. The third-order valence-corrected chi connectivity index (χ3v) is 6.68. The van der Waals surface area contributed by atoms with Gasteiger partial charge in [-0.15, -0.1) is 0 Å². The van der Waals surface area contributed by atoms with Gasteiger partial charge in [0.2, 0.25) is 0 Å². The first-order valence-corrected chi connectivity index (χ1v) is 11.6. The molecule has 1 N–H and O–H groups in total. The molecule has 1 aliphatic heterocycles. The smallest absolute Gasteiger partial charge is 0.422 e. The maximum atomic E-state index is 13.7. The molecule has 0 bridgehead atoms. The van der Waals surface area contributed by atoms with E-state index in [1.807, 2.05) is 42.5 Å². The van der Waals surface area contributed by atoms with E-state index in [2.05, 4.69) is 15.0 Å². The van der Waals surface area contributed by atoms with Crippen molar-refractivity contribution < 1.29 is 27.5 Å². The molecule has 0 spiro atoms. The van der Waals surface area contributed by atoms with Crippen molar-refractivity contribution in [2.24, 2.45) is 0 Å². The Labute approximate surface area is 205 Å². The summed E-state index contributed by atoms with van der Waals surface area (Å²) in [6, 6.07) is 18.6. The van der Waals surface area contributed by atoms with Crippen LogP contribution in [0, 0.1) is 0 Å². The van der Waals surface area contributed by atoms with E-state index < -0.39 is 24.7 Å². The van der Waals surface area contributed by atoms with Crippen molar-refractivity contribution in [2.75, 3.05) is 6.61 Å². The molecule has 2 atom stereocenters. The lowest BCUT2D eigenvalue weighted by molar-refractivity contribution is -0.183. The van der Waals surface area contributed by atoms with Crippen LogP contribution < -0.4 is 5.32 Å². The number of hydrogen-bond acceptors (Lipinski definition) is 5. The fourth-order valence-electron chi connectivity index (χ4n) is 5.19. The van der Waals surface area contributed by atoms with Crippen molar-refractivity contribution in [3.8, 4) is 0 Å². The molecule has 0 amide bonds. The Hall–Kier alpha value is -3.94. The van der Waals surface area contributed by atoms with Crippen molar-refractivity contribution in [2.45, 2.75) is 37.8 Å². The lowest BCUT2D eigenvalue weighted by Crippen LogP contribution is -2.36. The van der Waals surface area contributed by atoms with Gasteiger partial charge >= 0.3 is 12.1 Å². The zero-order chi connectivity index (χ0) is 25.4. The summed E-state index contributed by atoms with van der Waals surface area (Å²) in [5, 5.41) is 3.88. The standard InChI is InChI=1S/C28H23F3N2O3/c1-16-24(27(35)36-15-28(29,30)31)25(20-9-5-11-21-19(20)10-6-12-32-21)26-22(33-16)13-18(14-23(26)34)17-7-3-2-4-8-17/h2-12,18,25,33H,13-15H2,1H3/t18-,25-/m0/s1. The fraction of sp³-hybridized carbons (Fsp3) is 0.250. The molecule has 5 rings (SSSR count). The average molecular weight is 492 g/mol. The number of allylic oxidation sites excluding steroid dienone is 3. The van der Waals surface area contributed by atoms with Crippen LogP contribution in [0.5, 0.6) is 0 Å². The number of nitrogens with zero attached hydrogens (tertiary/aromatic N) is 1. The number of fused-ring (bicyclic) bond motifs is 1. The van der Waals surface area contributed by atoms with Gasteiger partial charge in [0.25, 0.3) is 0 Å². The van der Waals surface area contributed by atoms with Crippen LogP contribution in [0.3, 0.4) is 0 Å². The molecule has 2 aliphatic rings. The number of dihydropyridines is 1. The van der Waals surface area contributed by atoms with Gasteiger partial charge in [0.15, 0.2) is 12.4 Å². The quantitative estimate of drug-likeness (QED) is 0.473. The van der Waals surface area contributed by atoms with E-state index in [0.717, 1.165) is 5.56 Å². The lowest BCUT2D eigenvalue weighted by atomic mass is 9.71. The average Bonchev–Trinajstić information content (AvgIpc) is 2.86. The largest absolute Gasteiger partial charge is 0.453 e. The predicted octanol–water partition coefficient (Wildman–Crippen LogP) is 5.70. The topological polar surface area (TPSA) is 68.3 Å². The highest BCUT2D eigenvalue weighted by atomic mass is 19.4. The monoisotopic (exact) mass is 492 g/mol. The Bertz CT molecular complexity index is 1410. The molecule has 2 heterocycles. The number of carbonyl (C=O) groups is 2. The molecule has 0 unspecified atom stereocenters. The molecule has 1 aromatic heterocycles. The number of ether oxygens (including phenoxy) is 1. The molecule has 0 fully saturated rings. The Morgan fingerprint density at radius 3 is 2.58 bits per heavy atom. The van der Waals surface area contributed by atoms with Crippen LogP contribution in [0.25, 0.3) is 10.9 Å². The molecule has 5 nitrogen and oxygen atoms in total. The van der Waals surface area contributed by atoms with E-state index in [1.54, 1.807) is 31.3 Å². The number of carbonyl (C=O) groups excluding carboxylic acids is 2. The first kappa shape index (κ1) is 23.8. The highest BCUT2D eigenvalue weighted by Crippen LogP contribution is 2.47. The van der Waals surface area contributed by atoms with Crippen LogP contribution >= 0.6 is 0 Å². The minimum atomic E-state index is -4.67. The lowest BCUT2D eigenvalue weighted by Gasteiger charge is -2.37. The van der Waals surface area contributed by atoms with Gasteiger partial charge in [-0.25, -0.2) is 4.79 Å². The van der Waals surface area contributed by atoms with E-state index in [1.165, 1.54) is 0 Å². The number of pyridine rings is 1. The summed E-state index contributed by atoms with van der Waals surface area (Å²) in [6.07, 6.45) is -2.27. The van der Waals surface area contributed by atoms with Gasteiger partial charge in [-0.05, 0) is 42.5 Å². The Morgan fingerprint density at radius 2 is 1.83 bits per heavy atom. The van der Waals surface area contributed by atoms with Gasteiger partial charge in [0.05, 0.1) is 11.1 Å². The van der Waals surface area contributed by atoms with Crippen LogP contribution in [0.15, 0.2) is 89.4 Å². The first-order valence-electron chi connectivity index (χ1n) is 11.6. The molecule has 1 aliphatic carbocycles. The van der Waals surface area contributed by atoms with Gasteiger partial charge in [-0.1, -0.05) is 48.5 Å². The number of nitrogens with one attached hydrogen (secondary N) is 1. The zero-order valence-electron chi connectivity index (χ0n) is 19.4. The highest BCUT2D eigenvalue weighted by Gasteiger charge is 2.42. The van der Waals surface area contributed by atoms with Crippen LogP contribution in [0.2, 0.25) is 0 Å². The number of hydrogen-bond donors (Lipinski definition) is 1. The molecule has 36 heavy (non-hydrogen) atoms. The summed E-state index contributed by atoms with van der Waals surface area (Å²) in [7, 11) is 0. The number of alkyl halides is 3. The summed E-state index contributed by atoms with van der Waals surface area (Å²) in [5.41, 5.74) is 3.75. The van der Waals surface area contributed by atoms with Crippen LogP contribution in [0.4, 0.5) is 13.2 Å². The van der Waals surface area contributed by atoms with Crippen LogP contribution in [-0.2, 0) is 14.3 Å². The molecule has 2 aromatic carbocycles. The third-order valence-electron chi connectivity index (χ3n) is 6.68. The van der Waals surface area contributed by atoms with Crippen molar-refractivity contribution in [1.82, 2.24) is 10.3 Å². The number of benzene rings is 2. The van der Waals surface area contributed by atoms with Crippen LogP contribution in [-0.4, -0.2) is 29.5 Å². The maximum Gasteiger partial charge on any atom is 0.422 e. The minimum Gasteiger partial charge on any atom is -0.453 e. The van der Waals surface area contributed by atoms with Crippen molar-refractivity contribution in [3.63, 3.8) is 0 Å².